The third-order valence-electron chi connectivity index (χ3n) is 2.76. The number of hydrogen-bond donors (Lipinski definition) is 0. The van der Waals surface area contributed by atoms with Crippen LogP contribution in [0.25, 0.3) is 0 Å². The Kier molecular flexibility index (Phi) is 3.19. The molecule has 2 aliphatic carbocycles. The van der Waals surface area contributed by atoms with E-state index in [-0.39, 0.29) is 10.1 Å². The predicted molar refractivity (Wildman–Crippen MR) is 69.6 cm³/mol. The van der Waals surface area contributed by atoms with E-state index in [1.54, 1.807) is 0 Å². The molecule has 0 aliphatic heterocycles. The minimum absolute atomic E-state index is 0.0581. The zero-order valence-electron chi connectivity index (χ0n) is 6.68. The van der Waals surface area contributed by atoms with Crippen molar-refractivity contribution in [2.24, 2.45) is 0 Å². The SMILES string of the molecule is ClC1=C(Cl)[C@]2(Cl)[C@H](Cl)[C@@H](Cl)[C@@]1(Cl)C2(Cl)Cl. The lowest BCUT2D eigenvalue weighted by molar-refractivity contribution is 0.685. The summed E-state index contributed by atoms with van der Waals surface area (Å²) in [6.45, 7) is 0. The van der Waals surface area contributed by atoms with Crippen LogP contribution in [0, 0.1) is 0 Å². The van der Waals surface area contributed by atoms with E-state index >= 15 is 0 Å². The summed E-state index contributed by atoms with van der Waals surface area (Å²) in [5.74, 6) is 0. The molecule has 0 aromatic heterocycles. The largest absolute Gasteiger partial charge is 0.169 e. The van der Waals surface area contributed by atoms with Gasteiger partial charge in [0, 0.05) is 0 Å². The molecule has 4 atom stereocenters. The predicted octanol–water partition coefficient (Wildman–Crippen LogP) is 5.05. The fourth-order valence-electron chi connectivity index (χ4n) is 1.85. The molecule has 0 amide bonds. The molecule has 1 saturated carbocycles. The van der Waals surface area contributed by atoms with Gasteiger partial charge in [0.2, 0.25) is 0 Å². The number of rotatable bonds is 0. The second-order valence-corrected chi connectivity index (χ2v) is 7.65. The van der Waals surface area contributed by atoms with Crippen LogP contribution in [0.3, 0.4) is 0 Å². The molecule has 0 radical (unpaired) electrons. The van der Waals surface area contributed by atoms with Gasteiger partial charge < -0.3 is 0 Å². The highest BCUT2D eigenvalue weighted by atomic mass is 35.5. The highest BCUT2D eigenvalue weighted by Gasteiger charge is 2.82. The van der Waals surface area contributed by atoms with E-state index in [9.17, 15) is 0 Å². The third kappa shape index (κ3) is 1.17. The van der Waals surface area contributed by atoms with E-state index in [0.717, 1.165) is 0 Å². The first-order valence-corrected chi connectivity index (χ1v) is 6.87. The third-order valence-corrected chi connectivity index (χ3v) is 8.53. The summed E-state index contributed by atoms with van der Waals surface area (Å²) < 4.78 is -1.64. The van der Waals surface area contributed by atoms with Crippen LogP contribution in [0.1, 0.15) is 0 Å². The standard InChI is InChI=1S/C7H2Cl8/c8-1-2(9)6(13)4(11)3(10)5(1,12)7(6,14)15/h1-2H/t1-,2-,5-,6+/m1/s1. The summed E-state index contributed by atoms with van der Waals surface area (Å²) in [7, 11) is 0. The molecule has 0 N–H and O–H groups in total. The Balaban J connectivity index is 2.76. The van der Waals surface area contributed by atoms with Crippen molar-refractivity contribution >= 4 is 92.8 Å². The van der Waals surface area contributed by atoms with Gasteiger partial charge in [-0.1, -0.05) is 46.4 Å². The van der Waals surface area contributed by atoms with Crippen LogP contribution in [0.15, 0.2) is 10.1 Å². The van der Waals surface area contributed by atoms with E-state index in [1.165, 1.54) is 0 Å². The number of halogens is 8. The number of alkyl halides is 6. The Morgan fingerprint density at radius 1 is 0.733 bits per heavy atom. The fraction of sp³-hybridized carbons (Fsp3) is 0.714. The second-order valence-electron chi connectivity index (χ2n) is 3.43. The van der Waals surface area contributed by atoms with E-state index < -0.39 is 24.8 Å². The molecule has 8 heteroatoms. The van der Waals surface area contributed by atoms with E-state index in [4.69, 9.17) is 92.8 Å². The maximum absolute atomic E-state index is 6.23. The van der Waals surface area contributed by atoms with Crippen LogP contribution in [-0.4, -0.2) is 24.8 Å². The molecule has 0 spiro atoms. The van der Waals surface area contributed by atoms with Gasteiger partial charge in [-0.3, -0.25) is 0 Å². The lowest BCUT2D eigenvalue weighted by Gasteiger charge is -2.31. The van der Waals surface area contributed by atoms with E-state index in [0.29, 0.717) is 0 Å². The van der Waals surface area contributed by atoms with Gasteiger partial charge in [-0.25, -0.2) is 0 Å². The van der Waals surface area contributed by atoms with Gasteiger partial charge in [0.15, 0.2) is 4.33 Å². The minimum atomic E-state index is -1.64. The Bertz CT molecular complexity index is 330. The minimum Gasteiger partial charge on any atom is -0.119 e. The van der Waals surface area contributed by atoms with Gasteiger partial charge in [-0.2, -0.15) is 0 Å². The summed E-state index contributed by atoms with van der Waals surface area (Å²) in [4.78, 5) is -2.91. The quantitative estimate of drug-likeness (QED) is 0.524. The molecular weight excluding hydrogens is 368 g/mol. The molecular formula is C7H2Cl8. The molecule has 15 heavy (non-hydrogen) atoms. The molecule has 2 rings (SSSR count). The summed E-state index contributed by atoms with van der Waals surface area (Å²) in [5.41, 5.74) is 0. The first kappa shape index (κ1) is 13.5. The van der Waals surface area contributed by atoms with Gasteiger partial charge in [-0.05, 0) is 0 Å². The first-order valence-electron chi connectivity index (χ1n) is 3.73. The van der Waals surface area contributed by atoms with Crippen molar-refractivity contribution in [2.75, 3.05) is 0 Å². The monoisotopic (exact) mass is 366 g/mol. The molecule has 1 fully saturated rings. The van der Waals surface area contributed by atoms with Crippen LogP contribution in [0.2, 0.25) is 0 Å². The highest BCUT2D eigenvalue weighted by molar-refractivity contribution is 6.68. The average molecular weight is 370 g/mol. The summed E-state index contributed by atoms with van der Waals surface area (Å²) in [5, 5.41) is -1.49. The molecule has 0 saturated heterocycles. The van der Waals surface area contributed by atoms with Crippen molar-refractivity contribution in [2.45, 2.75) is 24.8 Å². The number of hydrogen-bond acceptors (Lipinski definition) is 0. The lowest BCUT2D eigenvalue weighted by atomic mass is 10.1. The van der Waals surface area contributed by atoms with Gasteiger partial charge in [0.1, 0.15) is 9.75 Å². The van der Waals surface area contributed by atoms with Crippen LogP contribution in [0.4, 0.5) is 0 Å². The maximum Gasteiger partial charge on any atom is 0.169 e. The maximum atomic E-state index is 6.23. The molecule has 0 unspecified atom stereocenters. The summed E-state index contributed by atoms with van der Waals surface area (Å²) in [6, 6.07) is 0. The Morgan fingerprint density at radius 3 is 1.20 bits per heavy atom. The molecule has 0 aromatic rings. The van der Waals surface area contributed by atoms with Crippen LogP contribution in [-0.2, 0) is 0 Å². The van der Waals surface area contributed by atoms with Crippen molar-refractivity contribution in [3.8, 4) is 0 Å². The smallest absolute Gasteiger partial charge is 0.119 e. The lowest BCUT2D eigenvalue weighted by Crippen LogP contribution is -2.45. The van der Waals surface area contributed by atoms with Crippen LogP contribution in [0.5, 0.6) is 0 Å². The van der Waals surface area contributed by atoms with Crippen LogP contribution >= 0.6 is 92.8 Å². The molecule has 2 aliphatic rings. The topological polar surface area (TPSA) is 0 Å². The van der Waals surface area contributed by atoms with E-state index in [2.05, 4.69) is 0 Å². The summed E-state index contributed by atoms with van der Waals surface area (Å²) >= 11 is 48.7. The van der Waals surface area contributed by atoms with Crippen molar-refractivity contribution < 1.29 is 0 Å². The van der Waals surface area contributed by atoms with Gasteiger partial charge >= 0.3 is 0 Å². The number of fused-ring (bicyclic) bond motifs is 2. The second kappa shape index (κ2) is 3.54. The zero-order valence-corrected chi connectivity index (χ0v) is 12.7. The van der Waals surface area contributed by atoms with Gasteiger partial charge in [-0.15, -0.1) is 46.4 Å². The van der Waals surface area contributed by atoms with Gasteiger partial charge in [0.05, 0.1) is 20.8 Å². The average Bonchev–Trinajstić information content (AvgIpc) is 2.34. The highest BCUT2D eigenvalue weighted by Crippen LogP contribution is 2.74. The summed E-state index contributed by atoms with van der Waals surface area (Å²) in [6.07, 6.45) is 0. The molecule has 2 bridgehead atoms. The zero-order chi connectivity index (χ0) is 11.8. The Morgan fingerprint density at radius 2 is 1.00 bits per heavy atom. The van der Waals surface area contributed by atoms with Crippen molar-refractivity contribution in [1.82, 2.24) is 0 Å². The Labute approximate surface area is 127 Å². The van der Waals surface area contributed by atoms with Crippen LogP contribution < -0.4 is 0 Å². The molecule has 86 valence electrons. The van der Waals surface area contributed by atoms with Crippen molar-refractivity contribution in [1.29, 1.82) is 0 Å². The molecule has 0 aromatic carbocycles. The van der Waals surface area contributed by atoms with Crippen molar-refractivity contribution in [3.05, 3.63) is 10.1 Å². The molecule has 0 heterocycles. The van der Waals surface area contributed by atoms with E-state index in [1.807, 2.05) is 0 Å². The Hall–Kier alpha value is 2.06. The number of allylic oxidation sites excluding steroid dienone is 2. The molecule has 0 nitrogen and oxygen atoms in total. The fourth-order valence-corrected chi connectivity index (χ4v) is 5.98. The van der Waals surface area contributed by atoms with Crippen molar-refractivity contribution in [3.63, 3.8) is 0 Å². The first-order chi connectivity index (χ1) is 6.63. The normalized spacial score (nSPS) is 52.8. The van der Waals surface area contributed by atoms with Gasteiger partial charge in [0.25, 0.3) is 0 Å².